The smallest absolute Gasteiger partial charge is 0.336 e. The fraction of sp³-hybridized carbons (Fsp3) is 0.500. The zero-order chi connectivity index (χ0) is 24.1. The number of dihydropyridines is 1. The zero-order valence-electron chi connectivity index (χ0n) is 20.0. The molecule has 1 aromatic carbocycles. The van der Waals surface area contributed by atoms with Gasteiger partial charge in [-0.2, -0.15) is 0 Å². The fourth-order valence-electron chi connectivity index (χ4n) is 4.81. The summed E-state index contributed by atoms with van der Waals surface area (Å²) >= 11 is 0. The molecule has 0 radical (unpaired) electrons. The Hall–Kier alpha value is -3.09. The van der Waals surface area contributed by atoms with Crippen molar-refractivity contribution >= 4 is 17.7 Å². The van der Waals surface area contributed by atoms with Crippen LogP contribution in [-0.4, -0.2) is 38.0 Å². The van der Waals surface area contributed by atoms with Gasteiger partial charge in [-0.05, 0) is 38.7 Å². The lowest BCUT2D eigenvalue weighted by atomic mass is 9.68. The zero-order valence-corrected chi connectivity index (χ0v) is 20.0. The molecular weight excluding hydrogens is 422 g/mol. The van der Waals surface area contributed by atoms with E-state index >= 15 is 0 Å². The van der Waals surface area contributed by atoms with Crippen LogP contribution in [0.3, 0.4) is 0 Å². The Morgan fingerprint density at radius 3 is 2.42 bits per heavy atom. The Morgan fingerprint density at radius 1 is 1.09 bits per heavy atom. The van der Waals surface area contributed by atoms with E-state index in [2.05, 4.69) is 5.32 Å². The van der Waals surface area contributed by atoms with Gasteiger partial charge in [0.25, 0.3) is 0 Å². The van der Waals surface area contributed by atoms with E-state index in [1.807, 2.05) is 32.0 Å². The fourth-order valence-corrected chi connectivity index (χ4v) is 4.81. The summed E-state index contributed by atoms with van der Waals surface area (Å²) in [6.07, 6.45) is 1.93. The van der Waals surface area contributed by atoms with E-state index in [1.54, 1.807) is 27.0 Å². The van der Waals surface area contributed by atoms with Crippen molar-refractivity contribution in [1.29, 1.82) is 0 Å². The summed E-state index contributed by atoms with van der Waals surface area (Å²) < 4.78 is 16.3. The summed E-state index contributed by atoms with van der Waals surface area (Å²) in [5.74, 6) is -2.60. The van der Waals surface area contributed by atoms with Crippen LogP contribution in [0, 0.1) is 11.8 Å². The molecule has 1 aliphatic heterocycles. The first-order chi connectivity index (χ1) is 15.9. The van der Waals surface area contributed by atoms with Crippen LogP contribution in [-0.2, 0) is 23.9 Å². The molecule has 0 aromatic heterocycles. The number of hydrogen-bond acceptors (Lipinski definition) is 7. The van der Waals surface area contributed by atoms with Crippen molar-refractivity contribution < 1.29 is 28.6 Å². The van der Waals surface area contributed by atoms with E-state index in [4.69, 9.17) is 14.2 Å². The van der Waals surface area contributed by atoms with Crippen LogP contribution in [0.4, 0.5) is 0 Å². The van der Waals surface area contributed by atoms with Crippen molar-refractivity contribution in [1.82, 2.24) is 5.32 Å². The van der Waals surface area contributed by atoms with E-state index in [9.17, 15) is 14.4 Å². The molecule has 3 unspecified atom stereocenters. The summed E-state index contributed by atoms with van der Waals surface area (Å²) in [7, 11) is 1.56. The number of methoxy groups -OCH3 is 1. The lowest BCUT2D eigenvalue weighted by Gasteiger charge is -2.39. The SMILES string of the molecule is CCCC1=C(C(=O)OCC)C(c2ccccc2OC)C2=C(CC(C)C(C(=O)OCC)C2=O)N1. The average Bonchev–Trinajstić information content (AvgIpc) is 2.78. The van der Waals surface area contributed by atoms with E-state index < -0.39 is 23.8 Å². The molecule has 1 heterocycles. The number of carbonyl (C=O) groups is 3. The normalized spacial score (nSPS) is 22.5. The Bertz CT molecular complexity index is 992. The largest absolute Gasteiger partial charge is 0.496 e. The first-order valence-electron chi connectivity index (χ1n) is 11.6. The Balaban J connectivity index is 2.25. The van der Waals surface area contributed by atoms with Gasteiger partial charge in [0.1, 0.15) is 11.7 Å². The number of allylic oxidation sites excluding steroid dienone is 3. The summed E-state index contributed by atoms with van der Waals surface area (Å²) in [6, 6.07) is 7.35. The molecule has 0 saturated carbocycles. The molecule has 1 N–H and O–H groups in total. The van der Waals surface area contributed by atoms with Gasteiger partial charge in [0.05, 0.1) is 31.8 Å². The van der Waals surface area contributed by atoms with Gasteiger partial charge in [-0.25, -0.2) is 4.79 Å². The van der Waals surface area contributed by atoms with E-state index in [0.717, 1.165) is 17.8 Å². The lowest BCUT2D eigenvalue weighted by Crippen LogP contribution is -2.43. The summed E-state index contributed by atoms with van der Waals surface area (Å²) in [5, 5.41) is 3.38. The van der Waals surface area contributed by atoms with E-state index in [0.29, 0.717) is 35.3 Å². The summed E-state index contributed by atoms with van der Waals surface area (Å²) in [5.41, 5.74) is 3.00. The maximum Gasteiger partial charge on any atom is 0.336 e. The highest BCUT2D eigenvalue weighted by Crippen LogP contribution is 2.48. The topological polar surface area (TPSA) is 90.9 Å². The Morgan fingerprint density at radius 2 is 1.79 bits per heavy atom. The average molecular weight is 456 g/mol. The van der Waals surface area contributed by atoms with Gasteiger partial charge < -0.3 is 19.5 Å². The molecule has 3 rings (SSSR count). The number of ether oxygens (including phenoxy) is 3. The highest BCUT2D eigenvalue weighted by atomic mass is 16.5. The molecule has 0 saturated heterocycles. The van der Waals surface area contributed by atoms with Crippen LogP contribution in [0.15, 0.2) is 46.8 Å². The lowest BCUT2D eigenvalue weighted by molar-refractivity contribution is -0.153. The van der Waals surface area contributed by atoms with Crippen molar-refractivity contribution in [2.24, 2.45) is 11.8 Å². The van der Waals surface area contributed by atoms with Crippen molar-refractivity contribution in [3.8, 4) is 5.75 Å². The standard InChI is InChI=1S/C26H33NO6/c1-6-11-17-23(26(30)33-8-3)21(16-12-9-10-13-19(16)31-5)22-18(27-17)14-15(4)20(24(22)28)25(29)32-7-2/h9-10,12-13,15,20-21,27H,6-8,11,14H2,1-5H3. The molecule has 0 spiro atoms. The van der Waals surface area contributed by atoms with Gasteiger partial charge in [0, 0.05) is 22.5 Å². The predicted octanol–water partition coefficient (Wildman–Crippen LogP) is 4.04. The Kier molecular flexibility index (Phi) is 7.95. The number of esters is 2. The van der Waals surface area contributed by atoms with Gasteiger partial charge in [0.15, 0.2) is 5.78 Å². The second kappa shape index (κ2) is 10.7. The van der Waals surface area contributed by atoms with Gasteiger partial charge in [-0.3, -0.25) is 9.59 Å². The maximum atomic E-state index is 13.8. The third-order valence-corrected chi connectivity index (χ3v) is 6.16. The van der Waals surface area contributed by atoms with Gasteiger partial charge >= 0.3 is 11.9 Å². The molecule has 1 aliphatic carbocycles. The summed E-state index contributed by atoms with van der Waals surface area (Å²) in [4.78, 5) is 39.8. The molecule has 1 aromatic rings. The van der Waals surface area contributed by atoms with Crippen molar-refractivity contribution in [3.63, 3.8) is 0 Å². The third kappa shape index (κ3) is 4.68. The van der Waals surface area contributed by atoms with Gasteiger partial charge in [0.2, 0.25) is 0 Å². The molecule has 33 heavy (non-hydrogen) atoms. The molecule has 3 atom stereocenters. The number of rotatable bonds is 8. The van der Waals surface area contributed by atoms with Crippen LogP contribution in [0.1, 0.15) is 58.4 Å². The highest BCUT2D eigenvalue weighted by Gasteiger charge is 2.48. The maximum absolute atomic E-state index is 13.8. The molecule has 178 valence electrons. The predicted molar refractivity (Wildman–Crippen MR) is 123 cm³/mol. The van der Waals surface area contributed by atoms with Gasteiger partial charge in [-0.15, -0.1) is 0 Å². The molecule has 2 aliphatic rings. The molecule has 0 amide bonds. The minimum absolute atomic E-state index is 0.198. The second-order valence-corrected chi connectivity index (χ2v) is 8.33. The third-order valence-electron chi connectivity index (χ3n) is 6.16. The van der Waals surface area contributed by atoms with Crippen LogP contribution in [0.5, 0.6) is 5.75 Å². The number of benzene rings is 1. The first kappa shape index (κ1) is 24.6. The van der Waals surface area contributed by atoms with Crippen LogP contribution in [0.25, 0.3) is 0 Å². The monoisotopic (exact) mass is 455 g/mol. The van der Waals surface area contributed by atoms with Crippen LogP contribution in [0.2, 0.25) is 0 Å². The second-order valence-electron chi connectivity index (χ2n) is 8.33. The number of ketones is 1. The summed E-state index contributed by atoms with van der Waals surface area (Å²) in [6.45, 7) is 7.80. The molecule has 0 bridgehead atoms. The van der Waals surface area contributed by atoms with Crippen molar-refractivity contribution in [3.05, 3.63) is 52.4 Å². The van der Waals surface area contributed by atoms with E-state index in [1.165, 1.54) is 0 Å². The number of nitrogens with one attached hydrogen (secondary N) is 1. The van der Waals surface area contributed by atoms with E-state index in [-0.39, 0.29) is 24.9 Å². The molecule has 0 fully saturated rings. The first-order valence-corrected chi connectivity index (χ1v) is 11.6. The minimum atomic E-state index is -0.918. The minimum Gasteiger partial charge on any atom is -0.496 e. The number of para-hydroxylation sites is 1. The molecule has 7 nitrogen and oxygen atoms in total. The highest BCUT2D eigenvalue weighted by molar-refractivity contribution is 6.12. The number of Topliss-reactive ketones (excluding diaryl/α,β-unsaturated/α-hetero) is 1. The van der Waals surface area contributed by atoms with Crippen molar-refractivity contribution in [2.75, 3.05) is 20.3 Å². The van der Waals surface area contributed by atoms with Gasteiger partial charge in [-0.1, -0.05) is 38.5 Å². The molecular formula is C26H33NO6. The number of hydrogen-bond donors (Lipinski definition) is 1. The Labute approximate surface area is 195 Å². The number of carbonyl (C=O) groups excluding carboxylic acids is 3. The quantitative estimate of drug-likeness (QED) is 0.467. The van der Waals surface area contributed by atoms with Crippen molar-refractivity contribution in [2.45, 2.75) is 52.9 Å². The molecule has 7 heteroatoms. The van der Waals surface area contributed by atoms with Crippen LogP contribution >= 0.6 is 0 Å². The van der Waals surface area contributed by atoms with Crippen LogP contribution < -0.4 is 10.1 Å².